The summed E-state index contributed by atoms with van der Waals surface area (Å²) in [5.74, 6) is 1.12. The van der Waals surface area contributed by atoms with Crippen molar-refractivity contribution in [2.45, 2.75) is 33.7 Å². The van der Waals surface area contributed by atoms with Crippen molar-refractivity contribution < 1.29 is 23.8 Å². The Morgan fingerprint density at radius 3 is 2.73 bits per heavy atom. The second-order valence-corrected chi connectivity index (χ2v) is 7.90. The van der Waals surface area contributed by atoms with Crippen LogP contribution < -0.4 is 9.47 Å². The average Bonchev–Trinajstić information content (AvgIpc) is 3.23. The van der Waals surface area contributed by atoms with Crippen LogP contribution in [0, 0.1) is 25.7 Å². The molecular formula is C22H27N3O5. The topological polar surface area (TPSA) is 82.9 Å². The van der Waals surface area contributed by atoms with E-state index in [-0.39, 0.29) is 30.5 Å². The number of hydrogen-bond acceptors (Lipinski definition) is 6. The minimum absolute atomic E-state index is 0.0784. The van der Waals surface area contributed by atoms with Crippen LogP contribution >= 0.6 is 0 Å². The minimum Gasteiger partial charge on any atom is -0.466 e. The van der Waals surface area contributed by atoms with Crippen LogP contribution in [0.25, 0.3) is 0 Å². The van der Waals surface area contributed by atoms with E-state index in [9.17, 15) is 9.59 Å². The Bertz CT molecular complexity index is 983. The first-order chi connectivity index (χ1) is 14.4. The molecule has 2 atom stereocenters. The van der Waals surface area contributed by atoms with Crippen molar-refractivity contribution >= 4 is 11.9 Å². The van der Waals surface area contributed by atoms with Gasteiger partial charge in [0.15, 0.2) is 11.5 Å². The number of hydrogen-bond donors (Lipinski definition) is 0. The summed E-state index contributed by atoms with van der Waals surface area (Å²) < 4.78 is 17.7. The molecule has 0 radical (unpaired) electrons. The third kappa shape index (κ3) is 3.86. The Balaban J connectivity index is 1.56. The maximum atomic E-state index is 13.5. The van der Waals surface area contributed by atoms with Crippen LogP contribution in [0.4, 0.5) is 0 Å². The van der Waals surface area contributed by atoms with E-state index in [2.05, 4.69) is 5.10 Å². The summed E-state index contributed by atoms with van der Waals surface area (Å²) in [5.41, 5.74) is 3.09. The van der Waals surface area contributed by atoms with Crippen molar-refractivity contribution in [3.63, 3.8) is 0 Å². The van der Waals surface area contributed by atoms with Gasteiger partial charge in [0.25, 0.3) is 5.91 Å². The number of nitrogens with zero attached hydrogens (tertiary/aromatic N) is 3. The van der Waals surface area contributed by atoms with Crippen LogP contribution in [0.15, 0.2) is 18.2 Å². The molecule has 30 heavy (non-hydrogen) atoms. The van der Waals surface area contributed by atoms with Crippen molar-refractivity contribution in [3.8, 4) is 11.5 Å². The third-order valence-electron chi connectivity index (χ3n) is 5.79. The molecule has 1 aromatic carbocycles. The van der Waals surface area contributed by atoms with Gasteiger partial charge in [0.1, 0.15) is 0 Å². The summed E-state index contributed by atoms with van der Waals surface area (Å²) in [6.45, 7) is 7.02. The van der Waals surface area contributed by atoms with E-state index in [4.69, 9.17) is 14.2 Å². The smallest absolute Gasteiger partial charge is 0.309 e. The quantitative estimate of drug-likeness (QED) is 0.649. The predicted octanol–water partition coefficient (Wildman–Crippen LogP) is 2.61. The fraction of sp³-hybridized carbons (Fsp3) is 0.500. The van der Waals surface area contributed by atoms with Gasteiger partial charge in [-0.05, 0) is 50.8 Å². The lowest BCUT2D eigenvalue weighted by Gasteiger charge is -2.23. The van der Waals surface area contributed by atoms with Crippen LogP contribution in [0.5, 0.6) is 11.5 Å². The molecule has 1 fully saturated rings. The number of fused-ring (bicyclic) bond motifs is 1. The molecule has 0 unspecified atom stereocenters. The molecule has 0 N–H and O–H groups in total. The Hall–Kier alpha value is -3.03. The molecular weight excluding hydrogens is 386 g/mol. The summed E-state index contributed by atoms with van der Waals surface area (Å²) in [4.78, 5) is 27.4. The number of aromatic nitrogens is 2. The lowest BCUT2D eigenvalue weighted by molar-refractivity contribution is -0.145. The minimum atomic E-state index is -0.174. The van der Waals surface area contributed by atoms with E-state index >= 15 is 0 Å². The highest BCUT2D eigenvalue weighted by molar-refractivity contribution is 5.96. The van der Waals surface area contributed by atoms with E-state index in [0.717, 1.165) is 17.7 Å². The highest BCUT2D eigenvalue weighted by Gasteiger charge is 2.45. The number of benzene rings is 1. The Morgan fingerprint density at radius 1 is 1.27 bits per heavy atom. The maximum Gasteiger partial charge on any atom is 0.309 e. The van der Waals surface area contributed by atoms with E-state index in [1.165, 1.54) is 0 Å². The first kappa shape index (κ1) is 20.3. The second kappa shape index (κ2) is 8.01. The summed E-state index contributed by atoms with van der Waals surface area (Å²) in [6.07, 6.45) is 0.745. The van der Waals surface area contributed by atoms with Crippen LogP contribution in [-0.2, 0) is 23.1 Å². The number of esters is 1. The highest BCUT2D eigenvalue weighted by atomic mass is 16.7. The van der Waals surface area contributed by atoms with Gasteiger partial charge in [-0.2, -0.15) is 5.10 Å². The van der Waals surface area contributed by atoms with Gasteiger partial charge in [0, 0.05) is 25.8 Å². The first-order valence-corrected chi connectivity index (χ1v) is 10.2. The number of carbonyl (C=O) groups is 2. The second-order valence-electron chi connectivity index (χ2n) is 7.90. The third-order valence-corrected chi connectivity index (χ3v) is 5.79. The molecule has 0 spiro atoms. The fourth-order valence-electron chi connectivity index (χ4n) is 3.99. The fourth-order valence-corrected chi connectivity index (χ4v) is 3.99. The standard InChI is InChI=1S/C22H27N3O5/c1-5-28-22(27)17-9-16(17)11-25(21(26)20-13(2)23-24(4)14(20)3)10-15-6-7-18-19(8-15)30-12-29-18/h6-8,16-17H,5,9-12H2,1-4H3/t16-,17-/m1/s1. The number of aryl methyl sites for hydroxylation is 2. The van der Waals surface area contributed by atoms with E-state index in [1.54, 1.807) is 16.5 Å². The van der Waals surface area contributed by atoms with Gasteiger partial charge in [-0.1, -0.05) is 6.07 Å². The summed E-state index contributed by atoms with van der Waals surface area (Å²) in [7, 11) is 1.83. The van der Waals surface area contributed by atoms with Gasteiger partial charge in [-0.25, -0.2) is 0 Å². The van der Waals surface area contributed by atoms with Crippen molar-refractivity contribution in [1.29, 1.82) is 0 Å². The lowest BCUT2D eigenvalue weighted by atomic mass is 10.1. The highest BCUT2D eigenvalue weighted by Crippen LogP contribution is 2.41. The van der Waals surface area contributed by atoms with Gasteiger partial charge in [-0.15, -0.1) is 0 Å². The van der Waals surface area contributed by atoms with Crippen molar-refractivity contribution in [2.24, 2.45) is 18.9 Å². The van der Waals surface area contributed by atoms with Crippen LogP contribution in [-0.4, -0.2) is 46.5 Å². The van der Waals surface area contributed by atoms with E-state index in [1.807, 2.05) is 39.1 Å². The Morgan fingerprint density at radius 2 is 2.03 bits per heavy atom. The van der Waals surface area contributed by atoms with Gasteiger partial charge in [0.05, 0.1) is 23.8 Å². The van der Waals surface area contributed by atoms with Crippen molar-refractivity contribution in [3.05, 3.63) is 40.7 Å². The van der Waals surface area contributed by atoms with Crippen molar-refractivity contribution in [2.75, 3.05) is 19.9 Å². The lowest BCUT2D eigenvalue weighted by Crippen LogP contribution is -2.34. The molecule has 0 bridgehead atoms. The number of carbonyl (C=O) groups excluding carboxylic acids is 2. The molecule has 8 heteroatoms. The zero-order valence-corrected chi connectivity index (χ0v) is 17.8. The molecule has 1 saturated carbocycles. The molecule has 4 rings (SSSR count). The number of rotatable bonds is 7. The predicted molar refractivity (Wildman–Crippen MR) is 108 cm³/mol. The van der Waals surface area contributed by atoms with E-state index < -0.39 is 0 Å². The molecule has 1 amide bonds. The molecule has 8 nitrogen and oxygen atoms in total. The normalized spacial score (nSPS) is 18.9. The molecule has 1 aromatic heterocycles. The largest absolute Gasteiger partial charge is 0.466 e. The Labute approximate surface area is 175 Å². The molecule has 160 valence electrons. The SMILES string of the molecule is CCOC(=O)[C@@H]1C[C@@H]1CN(Cc1ccc2c(c1)OCO2)C(=O)c1c(C)nn(C)c1C. The molecule has 2 heterocycles. The van der Waals surface area contributed by atoms with Gasteiger partial charge in [-0.3, -0.25) is 14.3 Å². The monoisotopic (exact) mass is 413 g/mol. The van der Waals surface area contributed by atoms with Crippen molar-refractivity contribution in [1.82, 2.24) is 14.7 Å². The molecule has 2 aliphatic rings. The first-order valence-electron chi connectivity index (χ1n) is 10.2. The van der Waals surface area contributed by atoms with Gasteiger partial charge in [0.2, 0.25) is 6.79 Å². The zero-order valence-electron chi connectivity index (χ0n) is 17.8. The Kier molecular flexibility index (Phi) is 5.40. The molecule has 2 aromatic rings. The van der Waals surface area contributed by atoms with Gasteiger partial charge < -0.3 is 19.1 Å². The maximum absolute atomic E-state index is 13.5. The zero-order chi connectivity index (χ0) is 21.4. The summed E-state index contributed by atoms with van der Waals surface area (Å²) in [5, 5.41) is 4.39. The molecule has 1 aliphatic carbocycles. The van der Waals surface area contributed by atoms with Crippen LogP contribution in [0.2, 0.25) is 0 Å². The number of ether oxygens (including phenoxy) is 3. The average molecular weight is 413 g/mol. The summed E-state index contributed by atoms with van der Waals surface area (Å²) in [6, 6.07) is 5.70. The number of amides is 1. The van der Waals surface area contributed by atoms with Crippen LogP contribution in [0.3, 0.4) is 0 Å². The molecule has 1 aliphatic heterocycles. The van der Waals surface area contributed by atoms with Gasteiger partial charge >= 0.3 is 5.97 Å². The summed E-state index contributed by atoms with van der Waals surface area (Å²) >= 11 is 0. The van der Waals surface area contributed by atoms with E-state index in [0.29, 0.717) is 42.5 Å². The molecule has 0 saturated heterocycles. The van der Waals surface area contributed by atoms with Crippen LogP contribution in [0.1, 0.15) is 40.7 Å².